The maximum Gasteiger partial charge on any atom is 0.221 e. The summed E-state index contributed by atoms with van der Waals surface area (Å²) in [7, 11) is 0. The SMILES string of the molecule is CCC1C2(CC)c3ccccc3-c3c4ccccc4c4ccccc4[n+]3C12CC. The molecule has 1 nitrogen and oxygen atoms in total. The van der Waals surface area contributed by atoms with Crippen LogP contribution in [-0.4, -0.2) is 0 Å². The number of pyridine rings is 1. The molecule has 1 heteroatoms. The molecule has 1 fully saturated rings. The lowest BCUT2D eigenvalue weighted by molar-refractivity contribution is -0.714. The lowest BCUT2D eigenvalue weighted by Gasteiger charge is -2.30. The molecule has 2 aliphatic rings. The number of para-hydroxylation sites is 1. The molecule has 1 aromatic heterocycles. The summed E-state index contributed by atoms with van der Waals surface area (Å²) in [5.74, 6) is 0.682. The van der Waals surface area contributed by atoms with Crippen LogP contribution in [0.4, 0.5) is 0 Å². The van der Waals surface area contributed by atoms with E-state index in [1.807, 2.05) is 0 Å². The standard InChI is InChI=1S/C28H28N/c1-4-25-27(5-2)23-17-11-9-16-22(23)26-21-15-8-7-13-19(21)20-14-10-12-18-24(20)29(26)28(25,27)6-3/h7-18,25H,4-6H2,1-3H3/q+1. The summed E-state index contributed by atoms with van der Waals surface area (Å²) in [5, 5.41) is 4.14. The van der Waals surface area contributed by atoms with Crippen molar-refractivity contribution >= 4 is 21.7 Å². The van der Waals surface area contributed by atoms with E-state index in [9.17, 15) is 0 Å². The summed E-state index contributed by atoms with van der Waals surface area (Å²) in [5.41, 5.74) is 6.26. The second-order valence-corrected chi connectivity index (χ2v) is 8.86. The van der Waals surface area contributed by atoms with Gasteiger partial charge in [-0.05, 0) is 36.6 Å². The molecule has 144 valence electrons. The highest BCUT2D eigenvalue weighted by molar-refractivity contribution is 6.09. The van der Waals surface area contributed by atoms with Gasteiger partial charge in [0.1, 0.15) is 0 Å². The Morgan fingerprint density at radius 3 is 2.10 bits per heavy atom. The minimum absolute atomic E-state index is 0.170. The third kappa shape index (κ3) is 1.73. The average molecular weight is 379 g/mol. The van der Waals surface area contributed by atoms with Crippen LogP contribution in [0, 0.1) is 5.92 Å². The third-order valence-corrected chi connectivity index (χ3v) is 8.27. The first-order chi connectivity index (χ1) is 14.3. The lowest BCUT2D eigenvalue weighted by Crippen LogP contribution is -2.55. The summed E-state index contributed by atoms with van der Waals surface area (Å²) in [6.07, 6.45) is 3.60. The Kier molecular flexibility index (Phi) is 3.38. The van der Waals surface area contributed by atoms with Gasteiger partial charge in [0.15, 0.2) is 5.54 Å². The van der Waals surface area contributed by atoms with Crippen molar-refractivity contribution in [2.45, 2.75) is 51.0 Å². The number of benzene rings is 3. The van der Waals surface area contributed by atoms with Crippen LogP contribution in [0.25, 0.3) is 32.9 Å². The second kappa shape index (κ2) is 5.69. The summed E-state index contributed by atoms with van der Waals surface area (Å²) in [6, 6.07) is 27.3. The van der Waals surface area contributed by atoms with Crippen molar-refractivity contribution in [1.29, 1.82) is 0 Å². The van der Waals surface area contributed by atoms with Gasteiger partial charge >= 0.3 is 0 Å². The first kappa shape index (κ1) is 17.2. The average Bonchev–Trinajstić information content (AvgIpc) is 3.42. The zero-order valence-electron chi connectivity index (χ0n) is 17.6. The highest BCUT2D eigenvalue weighted by Gasteiger charge is 2.84. The Bertz CT molecular complexity index is 1290. The van der Waals surface area contributed by atoms with Gasteiger partial charge in [-0.3, -0.25) is 0 Å². The van der Waals surface area contributed by atoms with Gasteiger partial charge in [0.2, 0.25) is 11.2 Å². The quantitative estimate of drug-likeness (QED) is 0.274. The predicted molar refractivity (Wildman–Crippen MR) is 121 cm³/mol. The number of aromatic nitrogens is 1. The zero-order chi connectivity index (χ0) is 19.8. The van der Waals surface area contributed by atoms with Crippen LogP contribution in [0.3, 0.4) is 0 Å². The van der Waals surface area contributed by atoms with E-state index in [1.54, 1.807) is 5.56 Å². The van der Waals surface area contributed by atoms with Gasteiger partial charge in [0, 0.05) is 23.8 Å². The lowest BCUT2D eigenvalue weighted by atomic mass is 9.78. The Balaban J connectivity index is 1.92. The smallest absolute Gasteiger partial charge is 0.184 e. The van der Waals surface area contributed by atoms with Crippen LogP contribution >= 0.6 is 0 Å². The van der Waals surface area contributed by atoms with Crippen LogP contribution in [0.1, 0.15) is 45.6 Å². The van der Waals surface area contributed by atoms with Crippen molar-refractivity contribution in [3.63, 3.8) is 0 Å². The van der Waals surface area contributed by atoms with E-state index in [-0.39, 0.29) is 11.0 Å². The number of rotatable bonds is 3. The topological polar surface area (TPSA) is 3.88 Å². The van der Waals surface area contributed by atoms with Gasteiger partial charge in [-0.25, -0.2) is 0 Å². The van der Waals surface area contributed by atoms with E-state index >= 15 is 0 Å². The molecule has 1 saturated carbocycles. The predicted octanol–water partition coefficient (Wildman–Crippen LogP) is 6.75. The summed E-state index contributed by atoms with van der Waals surface area (Å²) in [6.45, 7) is 7.21. The fourth-order valence-electron chi connectivity index (χ4n) is 7.42. The Hall–Kier alpha value is -2.67. The van der Waals surface area contributed by atoms with Gasteiger partial charge in [-0.1, -0.05) is 69.3 Å². The van der Waals surface area contributed by atoms with Gasteiger partial charge in [0.05, 0.1) is 21.8 Å². The minimum atomic E-state index is 0.170. The molecule has 3 aromatic carbocycles. The van der Waals surface area contributed by atoms with E-state index in [2.05, 4.69) is 98.1 Å². The fraction of sp³-hybridized carbons (Fsp3) is 0.321. The molecule has 0 saturated heterocycles. The van der Waals surface area contributed by atoms with E-state index in [0.29, 0.717) is 5.92 Å². The summed E-state index contributed by atoms with van der Waals surface area (Å²) in [4.78, 5) is 0. The monoisotopic (exact) mass is 378 g/mol. The van der Waals surface area contributed by atoms with Crippen LogP contribution in [0.5, 0.6) is 0 Å². The molecular weight excluding hydrogens is 350 g/mol. The van der Waals surface area contributed by atoms with Gasteiger partial charge < -0.3 is 0 Å². The van der Waals surface area contributed by atoms with E-state index in [1.165, 1.54) is 52.2 Å². The minimum Gasteiger partial charge on any atom is -0.184 e. The largest absolute Gasteiger partial charge is 0.221 e. The molecule has 0 N–H and O–H groups in total. The molecular formula is C28H28N+. The van der Waals surface area contributed by atoms with Crippen molar-refractivity contribution in [2.24, 2.45) is 5.92 Å². The molecule has 3 atom stereocenters. The van der Waals surface area contributed by atoms with Crippen molar-refractivity contribution < 1.29 is 4.57 Å². The number of hydrogen-bond donors (Lipinski definition) is 0. The summed E-state index contributed by atoms with van der Waals surface area (Å²) < 4.78 is 2.78. The fourth-order valence-corrected chi connectivity index (χ4v) is 7.42. The molecule has 0 spiro atoms. The molecule has 29 heavy (non-hydrogen) atoms. The van der Waals surface area contributed by atoms with Gasteiger partial charge in [-0.15, -0.1) is 0 Å². The normalized spacial score (nSPS) is 26.8. The van der Waals surface area contributed by atoms with E-state index < -0.39 is 0 Å². The highest BCUT2D eigenvalue weighted by Crippen LogP contribution is 2.73. The molecule has 1 aliphatic carbocycles. The summed E-state index contributed by atoms with van der Waals surface area (Å²) >= 11 is 0. The molecule has 6 rings (SSSR count). The molecule has 0 bridgehead atoms. The molecule has 0 amide bonds. The van der Waals surface area contributed by atoms with E-state index in [4.69, 9.17) is 0 Å². The van der Waals surface area contributed by atoms with Crippen LogP contribution < -0.4 is 4.57 Å². The number of fused-ring (bicyclic) bond motifs is 11. The van der Waals surface area contributed by atoms with Crippen LogP contribution in [-0.2, 0) is 11.0 Å². The van der Waals surface area contributed by atoms with Crippen LogP contribution in [0.15, 0.2) is 72.8 Å². The van der Waals surface area contributed by atoms with Gasteiger partial charge in [0.25, 0.3) is 0 Å². The van der Waals surface area contributed by atoms with Crippen molar-refractivity contribution in [2.75, 3.05) is 0 Å². The molecule has 3 unspecified atom stereocenters. The highest BCUT2D eigenvalue weighted by atomic mass is 15.2. The maximum absolute atomic E-state index is 2.78. The second-order valence-electron chi connectivity index (χ2n) is 8.86. The first-order valence-electron chi connectivity index (χ1n) is 11.2. The third-order valence-electron chi connectivity index (χ3n) is 8.27. The first-order valence-corrected chi connectivity index (χ1v) is 11.2. The maximum atomic E-state index is 2.78. The van der Waals surface area contributed by atoms with Crippen molar-refractivity contribution in [3.8, 4) is 11.3 Å². The van der Waals surface area contributed by atoms with Crippen molar-refractivity contribution in [1.82, 2.24) is 0 Å². The van der Waals surface area contributed by atoms with E-state index in [0.717, 1.165) is 0 Å². The van der Waals surface area contributed by atoms with Gasteiger partial charge in [-0.2, -0.15) is 4.57 Å². The number of nitrogens with zero attached hydrogens (tertiary/aromatic N) is 1. The zero-order valence-corrected chi connectivity index (χ0v) is 17.6. The Morgan fingerprint density at radius 2 is 1.38 bits per heavy atom. The molecule has 4 aromatic rings. The molecule has 2 heterocycles. The Labute approximate surface area is 173 Å². The van der Waals surface area contributed by atoms with Crippen molar-refractivity contribution in [3.05, 3.63) is 78.4 Å². The van der Waals surface area contributed by atoms with Crippen LogP contribution in [0.2, 0.25) is 0 Å². The number of hydrogen-bond acceptors (Lipinski definition) is 0. The molecule has 1 aliphatic heterocycles. The molecule has 0 radical (unpaired) electrons. The Morgan fingerprint density at radius 1 is 0.724 bits per heavy atom.